The van der Waals surface area contributed by atoms with E-state index in [0.717, 1.165) is 17.0 Å². The summed E-state index contributed by atoms with van der Waals surface area (Å²) in [5.41, 5.74) is 1.93. The number of nitrogens with one attached hydrogen (secondary N) is 1. The first-order valence-corrected chi connectivity index (χ1v) is 7.81. The summed E-state index contributed by atoms with van der Waals surface area (Å²) < 4.78 is 28.2. The summed E-state index contributed by atoms with van der Waals surface area (Å²) in [5, 5.41) is 3.19. The Morgan fingerprint density at radius 2 is 2.06 bits per heavy atom. The quantitative estimate of drug-likeness (QED) is 0.862. The first-order valence-electron chi connectivity index (χ1n) is 5.99. The molecule has 18 heavy (non-hydrogen) atoms. The molecule has 0 fully saturated rings. The molecule has 0 aliphatic carbocycles. The first kappa shape index (κ1) is 14.8. The molecule has 1 N–H and O–H groups in total. The van der Waals surface area contributed by atoms with E-state index in [-0.39, 0.29) is 17.5 Å². The molecule has 1 aromatic carbocycles. The highest BCUT2D eigenvalue weighted by Crippen LogP contribution is 2.21. The summed E-state index contributed by atoms with van der Waals surface area (Å²) in [4.78, 5) is 0. The number of anilines is 1. The molecule has 1 atom stereocenters. The van der Waals surface area contributed by atoms with Gasteiger partial charge in [-0.05, 0) is 37.6 Å². The molecule has 0 heterocycles. The van der Waals surface area contributed by atoms with Gasteiger partial charge in [0.25, 0.3) is 0 Å². The lowest BCUT2D eigenvalue weighted by molar-refractivity contribution is 0.412. The van der Waals surface area contributed by atoms with Gasteiger partial charge in [-0.1, -0.05) is 6.92 Å². The SMILES string of the molecule is CCS(=O)(=O)CC(C)Nc1ccc(OC)c(C)c1. The predicted molar refractivity (Wildman–Crippen MR) is 75.1 cm³/mol. The standard InChI is InChI=1S/C13H21NO3S/c1-5-18(15,16)9-11(3)14-12-6-7-13(17-4)10(2)8-12/h6-8,11,14H,5,9H2,1-4H3. The monoisotopic (exact) mass is 271 g/mol. The van der Waals surface area contributed by atoms with Crippen LogP contribution in [-0.4, -0.2) is 33.1 Å². The van der Waals surface area contributed by atoms with Crippen LogP contribution in [0.1, 0.15) is 19.4 Å². The van der Waals surface area contributed by atoms with Crippen molar-refractivity contribution in [3.8, 4) is 5.75 Å². The maximum Gasteiger partial charge on any atom is 0.152 e. The second-order valence-corrected chi connectivity index (χ2v) is 6.83. The molecule has 0 bridgehead atoms. The molecule has 0 saturated heterocycles. The van der Waals surface area contributed by atoms with Crippen LogP contribution in [-0.2, 0) is 9.84 Å². The number of ether oxygens (including phenoxy) is 1. The molecule has 1 rings (SSSR count). The van der Waals surface area contributed by atoms with Crippen molar-refractivity contribution in [1.82, 2.24) is 0 Å². The molecular weight excluding hydrogens is 250 g/mol. The van der Waals surface area contributed by atoms with Crippen LogP contribution in [0.15, 0.2) is 18.2 Å². The van der Waals surface area contributed by atoms with Gasteiger partial charge >= 0.3 is 0 Å². The Kier molecular flexibility index (Phi) is 5.02. The lowest BCUT2D eigenvalue weighted by atomic mass is 10.2. The molecule has 4 nitrogen and oxygen atoms in total. The maximum absolute atomic E-state index is 11.5. The predicted octanol–water partition coefficient (Wildman–Crippen LogP) is 2.24. The second kappa shape index (κ2) is 6.09. The van der Waals surface area contributed by atoms with Gasteiger partial charge in [0, 0.05) is 17.5 Å². The zero-order valence-corrected chi connectivity index (χ0v) is 12.2. The smallest absolute Gasteiger partial charge is 0.152 e. The number of rotatable bonds is 6. The van der Waals surface area contributed by atoms with Crippen LogP contribution in [0.3, 0.4) is 0 Å². The van der Waals surface area contributed by atoms with Gasteiger partial charge in [0.05, 0.1) is 12.9 Å². The van der Waals surface area contributed by atoms with Crippen LogP contribution in [0.2, 0.25) is 0 Å². The van der Waals surface area contributed by atoms with E-state index >= 15 is 0 Å². The molecule has 1 aromatic rings. The van der Waals surface area contributed by atoms with Crippen molar-refractivity contribution in [3.05, 3.63) is 23.8 Å². The van der Waals surface area contributed by atoms with Crippen LogP contribution in [0.4, 0.5) is 5.69 Å². The van der Waals surface area contributed by atoms with Crippen LogP contribution in [0.5, 0.6) is 5.75 Å². The minimum absolute atomic E-state index is 0.109. The van der Waals surface area contributed by atoms with Crippen molar-refractivity contribution in [1.29, 1.82) is 0 Å². The molecule has 0 aliphatic rings. The van der Waals surface area contributed by atoms with Gasteiger partial charge in [-0.15, -0.1) is 0 Å². The fourth-order valence-corrected chi connectivity index (χ4v) is 2.87. The molecule has 0 spiro atoms. The van der Waals surface area contributed by atoms with Crippen molar-refractivity contribution in [3.63, 3.8) is 0 Å². The van der Waals surface area contributed by atoms with Crippen molar-refractivity contribution < 1.29 is 13.2 Å². The van der Waals surface area contributed by atoms with Gasteiger partial charge in [0.2, 0.25) is 0 Å². The fraction of sp³-hybridized carbons (Fsp3) is 0.538. The van der Waals surface area contributed by atoms with Crippen LogP contribution in [0.25, 0.3) is 0 Å². The Morgan fingerprint density at radius 3 is 2.56 bits per heavy atom. The Morgan fingerprint density at radius 1 is 1.39 bits per heavy atom. The zero-order valence-electron chi connectivity index (χ0n) is 11.4. The van der Waals surface area contributed by atoms with E-state index in [0.29, 0.717) is 0 Å². The fourth-order valence-electron chi connectivity index (χ4n) is 1.79. The largest absolute Gasteiger partial charge is 0.496 e. The second-order valence-electron chi connectivity index (χ2n) is 4.43. The summed E-state index contributed by atoms with van der Waals surface area (Å²) in [6, 6.07) is 5.61. The molecule has 0 radical (unpaired) electrons. The minimum atomic E-state index is -2.95. The summed E-state index contributed by atoms with van der Waals surface area (Å²) >= 11 is 0. The first-order chi connectivity index (χ1) is 8.38. The van der Waals surface area contributed by atoms with Crippen molar-refractivity contribution in [2.24, 2.45) is 0 Å². The van der Waals surface area contributed by atoms with Crippen molar-refractivity contribution in [2.45, 2.75) is 26.8 Å². The molecule has 1 unspecified atom stereocenters. The highest BCUT2D eigenvalue weighted by molar-refractivity contribution is 7.91. The van der Waals surface area contributed by atoms with Crippen molar-refractivity contribution >= 4 is 15.5 Å². The molecule has 5 heteroatoms. The van der Waals surface area contributed by atoms with E-state index in [1.54, 1.807) is 14.0 Å². The van der Waals surface area contributed by atoms with E-state index < -0.39 is 9.84 Å². The van der Waals surface area contributed by atoms with Crippen molar-refractivity contribution in [2.75, 3.05) is 23.9 Å². The summed E-state index contributed by atoms with van der Waals surface area (Å²) in [5.74, 6) is 1.16. The van der Waals surface area contributed by atoms with E-state index in [9.17, 15) is 8.42 Å². The zero-order chi connectivity index (χ0) is 13.8. The highest BCUT2D eigenvalue weighted by atomic mass is 32.2. The van der Waals surface area contributed by atoms with Gasteiger partial charge in [-0.25, -0.2) is 8.42 Å². The Bertz CT molecular complexity index is 497. The third kappa shape index (κ3) is 4.22. The lowest BCUT2D eigenvalue weighted by Crippen LogP contribution is -2.26. The van der Waals surface area contributed by atoms with E-state index in [1.165, 1.54) is 0 Å². The Labute approximate surface area is 109 Å². The summed E-state index contributed by atoms with van der Waals surface area (Å²) in [6.45, 7) is 5.49. The van der Waals surface area contributed by atoms with Gasteiger partial charge < -0.3 is 10.1 Å². The van der Waals surface area contributed by atoms with Gasteiger partial charge in [-0.3, -0.25) is 0 Å². The van der Waals surface area contributed by atoms with Gasteiger partial charge in [0.15, 0.2) is 9.84 Å². The van der Waals surface area contributed by atoms with Gasteiger partial charge in [-0.2, -0.15) is 0 Å². The highest BCUT2D eigenvalue weighted by Gasteiger charge is 2.13. The Balaban J connectivity index is 2.71. The normalized spacial score (nSPS) is 13.1. The number of benzene rings is 1. The third-order valence-corrected chi connectivity index (χ3v) is 4.64. The van der Waals surface area contributed by atoms with Gasteiger partial charge in [0.1, 0.15) is 5.75 Å². The van der Waals surface area contributed by atoms with Crippen LogP contribution < -0.4 is 10.1 Å². The van der Waals surface area contributed by atoms with Crippen LogP contribution in [0, 0.1) is 6.92 Å². The topological polar surface area (TPSA) is 55.4 Å². The molecule has 0 aliphatic heterocycles. The Hall–Kier alpha value is -1.23. The molecule has 102 valence electrons. The number of sulfone groups is 1. The van der Waals surface area contributed by atoms with E-state index in [2.05, 4.69) is 5.32 Å². The molecular formula is C13H21NO3S. The molecule has 0 saturated carbocycles. The number of aryl methyl sites for hydroxylation is 1. The summed E-state index contributed by atoms with van der Waals surface area (Å²) in [7, 11) is -1.32. The number of hydrogen-bond donors (Lipinski definition) is 1. The van der Waals surface area contributed by atoms with Crippen LogP contribution >= 0.6 is 0 Å². The minimum Gasteiger partial charge on any atom is -0.496 e. The average molecular weight is 271 g/mol. The summed E-state index contributed by atoms with van der Waals surface area (Å²) in [6.07, 6.45) is 0. The molecule has 0 aromatic heterocycles. The third-order valence-electron chi connectivity index (χ3n) is 2.75. The van der Waals surface area contributed by atoms with E-state index in [1.807, 2.05) is 32.0 Å². The number of hydrogen-bond acceptors (Lipinski definition) is 4. The average Bonchev–Trinajstić information content (AvgIpc) is 2.28. The molecule has 0 amide bonds. The number of methoxy groups -OCH3 is 1. The maximum atomic E-state index is 11.5. The van der Waals surface area contributed by atoms with E-state index in [4.69, 9.17) is 4.74 Å². The lowest BCUT2D eigenvalue weighted by Gasteiger charge is -2.16.